The van der Waals surface area contributed by atoms with E-state index in [0.29, 0.717) is 5.75 Å². The van der Waals surface area contributed by atoms with Crippen LogP contribution >= 0.6 is 0 Å². The molecule has 0 heterocycles. The van der Waals surface area contributed by atoms with E-state index in [1.165, 1.54) is 24.3 Å². The first-order chi connectivity index (χ1) is 8.55. The number of non-ortho nitro benzene ring substituents is 1. The molecule has 1 aliphatic carbocycles. The second-order valence-electron chi connectivity index (χ2n) is 4.47. The van der Waals surface area contributed by atoms with Gasteiger partial charge in [0, 0.05) is 12.1 Å². The number of nitriles is 1. The van der Waals surface area contributed by atoms with Crippen LogP contribution in [0.3, 0.4) is 0 Å². The molecule has 0 saturated heterocycles. The number of rotatable bonds is 5. The van der Waals surface area contributed by atoms with Crippen LogP contribution in [-0.4, -0.2) is 17.1 Å². The first-order valence-corrected chi connectivity index (χ1v) is 5.62. The van der Waals surface area contributed by atoms with Crippen LogP contribution in [-0.2, 0) is 0 Å². The summed E-state index contributed by atoms with van der Waals surface area (Å²) in [6.45, 7) is 0.103. The van der Waals surface area contributed by atoms with Gasteiger partial charge in [0.1, 0.15) is 17.9 Å². The molecule has 1 aromatic rings. The smallest absolute Gasteiger partial charge is 0.269 e. The molecule has 6 nitrogen and oxygen atoms in total. The molecule has 1 atom stereocenters. The summed E-state index contributed by atoms with van der Waals surface area (Å²) in [5, 5.41) is 19.5. The van der Waals surface area contributed by atoms with Gasteiger partial charge in [0.25, 0.3) is 5.69 Å². The first kappa shape index (κ1) is 12.3. The van der Waals surface area contributed by atoms with E-state index in [0.717, 1.165) is 12.8 Å². The normalized spacial score (nSPS) is 17.6. The van der Waals surface area contributed by atoms with E-state index in [4.69, 9.17) is 15.7 Å². The van der Waals surface area contributed by atoms with Crippen molar-refractivity contribution < 1.29 is 9.66 Å². The lowest BCUT2D eigenvalue weighted by atomic mass is 9.98. The summed E-state index contributed by atoms with van der Waals surface area (Å²) < 4.78 is 5.43. The summed E-state index contributed by atoms with van der Waals surface area (Å²) >= 11 is 0. The van der Waals surface area contributed by atoms with Gasteiger partial charge < -0.3 is 10.5 Å². The molecule has 0 spiro atoms. The molecule has 2 N–H and O–H groups in total. The zero-order valence-corrected chi connectivity index (χ0v) is 9.70. The molecule has 1 aromatic carbocycles. The number of nitrogens with zero attached hydrogens (tertiary/aromatic N) is 2. The minimum Gasteiger partial charge on any atom is -0.491 e. The molecule has 6 heteroatoms. The molecule has 0 bridgehead atoms. The highest BCUT2D eigenvalue weighted by Crippen LogP contribution is 2.38. The van der Waals surface area contributed by atoms with Crippen LogP contribution in [0.5, 0.6) is 5.75 Å². The summed E-state index contributed by atoms with van der Waals surface area (Å²) in [5.41, 5.74) is 4.98. The highest BCUT2D eigenvalue weighted by molar-refractivity contribution is 5.36. The van der Waals surface area contributed by atoms with Crippen LogP contribution in [0, 0.1) is 27.4 Å². The fraction of sp³-hybridized carbons (Fsp3) is 0.417. The van der Waals surface area contributed by atoms with Gasteiger partial charge in [-0.3, -0.25) is 10.1 Å². The van der Waals surface area contributed by atoms with E-state index < -0.39 is 10.5 Å². The zero-order valence-electron chi connectivity index (χ0n) is 9.70. The Kier molecular flexibility index (Phi) is 3.17. The Labute approximate surface area is 104 Å². The lowest BCUT2D eigenvalue weighted by molar-refractivity contribution is -0.384. The third-order valence-corrected chi connectivity index (χ3v) is 3.04. The molecule has 18 heavy (non-hydrogen) atoms. The van der Waals surface area contributed by atoms with Gasteiger partial charge >= 0.3 is 0 Å². The highest BCUT2D eigenvalue weighted by Gasteiger charge is 2.43. The van der Waals surface area contributed by atoms with E-state index in [1.54, 1.807) is 0 Å². The number of benzene rings is 1. The molecule has 0 aliphatic heterocycles. The third kappa shape index (κ3) is 2.57. The Morgan fingerprint density at radius 2 is 2.11 bits per heavy atom. The van der Waals surface area contributed by atoms with Crippen molar-refractivity contribution in [3.05, 3.63) is 34.4 Å². The zero-order chi connectivity index (χ0) is 13.2. The number of ether oxygens (including phenoxy) is 1. The summed E-state index contributed by atoms with van der Waals surface area (Å²) in [5.74, 6) is 0.673. The van der Waals surface area contributed by atoms with Crippen LogP contribution in [0.25, 0.3) is 0 Å². The van der Waals surface area contributed by atoms with E-state index >= 15 is 0 Å². The minimum absolute atomic E-state index is 0.00355. The highest BCUT2D eigenvalue weighted by atomic mass is 16.6. The molecule has 94 valence electrons. The maximum atomic E-state index is 10.5. The van der Waals surface area contributed by atoms with Crippen LogP contribution in [0.1, 0.15) is 12.8 Å². The second kappa shape index (κ2) is 4.63. The van der Waals surface area contributed by atoms with E-state index in [-0.39, 0.29) is 18.2 Å². The van der Waals surface area contributed by atoms with Crippen molar-refractivity contribution in [3.8, 4) is 11.8 Å². The van der Waals surface area contributed by atoms with Crippen LogP contribution in [0.15, 0.2) is 24.3 Å². The predicted molar refractivity (Wildman–Crippen MR) is 63.8 cm³/mol. The lowest BCUT2D eigenvalue weighted by Crippen LogP contribution is -2.46. The van der Waals surface area contributed by atoms with Gasteiger partial charge in [-0.1, -0.05) is 0 Å². The van der Waals surface area contributed by atoms with E-state index in [1.807, 2.05) is 0 Å². The monoisotopic (exact) mass is 247 g/mol. The number of nitro groups is 1. The van der Waals surface area contributed by atoms with Gasteiger partial charge in [0.2, 0.25) is 0 Å². The molecular formula is C12H13N3O3. The largest absolute Gasteiger partial charge is 0.491 e. The lowest BCUT2D eigenvalue weighted by Gasteiger charge is -2.21. The van der Waals surface area contributed by atoms with Crippen LogP contribution < -0.4 is 10.5 Å². The number of nitro benzene ring substituents is 1. The SMILES string of the molecule is N#CC(N)(COc1ccc([N+](=O)[O-])cc1)C1CC1. The molecule has 0 radical (unpaired) electrons. The van der Waals surface area contributed by atoms with Gasteiger partial charge in [0.15, 0.2) is 0 Å². The summed E-state index contributed by atoms with van der Waals surface area (Å²) in [7, 11) is 0. The molecule has 1 saturated carbocycles. The molecular weight excluding hydrogens is 234 g/mol. The second-order valence-corrected chi connectivity index (χ2v) is 4.47. The quantitative estimate of drug-likeness (QED) is 0.628. The van der Waals surface area contributed by atoms with Gasteiger partial charge in [-0.05, 0) is 30.9 Å². The topological polar surface area (TPSA) is 102 Å². The summed E-state index contributed by atoms with van der Waals surface area (Å²) in [6, 6.07) is 7.81. The van der Waals surface area contributed by atoms with Gasteiger partial charge in [-0.25, -0.2) is 0 Å². The predicted octanol–water partition coefficient (Wildman–Crippen LogP) is 1.60. The molecule has 1 fully saturated rings. The minimum atomic E-state index is -0.957. The van der Waals surface area contributed by atoms with E-state index in [2.05, 4.69) is 6.07 Å². The molecule has 0 aromatic heterocycles. The van der Waals surface area contributed by atoms with E-state index in [9.17, 15) is 10.1 Å². The number of hydrogen-bond donors (Lipinski definition) is 1. The van der Waals surface area contributed by atoms with Gasteiger partial charge in [0.05, 0.1) is 11.0 Å². The maximum Gasteiger partial charge on any atom is 0.269 e. The Morgan fingerprint density at radius 3 is 2.56 bits per heavy atom. The molecule has 1 unspecified atom stereocenters. The summed E-state index contributed by atoms with van der Waals surface area (Å²) in [4.78, 5) is 10.00. The van der Waals surface area contributed by atoms with Crippen molar-refractivity contribution in [1.29, 1.82) is 5.26 Å². The molecule has 0 amide bonds. The Balaban J connectivity index is 1.98. The van der Waals surface area contributed by atoms with Crippen molar-refractivity contribution in [2.45, 2.75) is 18.4 Å². The van der Waals surface area contributed by atoms with Gasteiger partial charge in [-0.2, -0.15) is 5.26 Å². The fourth-order valence-electron chi connectivity index (χ4n) is 1.71. The van der Waals surface area contributed by atoms with Crippen molar-refractivity contribution in [1.82, 2.24) is 0 Å². The Hall–Kier alpha value is -2.13. The van der Waals surface area contributed by atoms with Crippen LogP contribution in [0.4, 0.5) is 5.69 Å². The average molecular weight is 247 g/mol. The van der Waals surface area contributed by atoms with Crippen molar-refractivity contribution in [2.24, 2.45) is 11.7 Å². The van der Waals surface area contributed by atoms with Crippen LogP contribution in [0.2, 0.25) is 0 Å². The number of hydrogen-bond acceptors (Lipinski definition) is 5. The van der Waals surface area contributed by atoms with Gasteiger partial charge in [-0.15, -0.1) is 0 Å². The van der Waals surface area contributed by atoms with Crippen molar-refractivity contribution >= 4 is 5.69 Å². The number of nitrogens with two attached hydrogens (primary N) is 1. The Bertz CT molecular complexity index is 490. The third-order valence-electron chi connectivity index (χ3n) is 3.04. The fourth-order valence-corrected chi connectivity index (χ4v) is 1.71. The average Bonchev–Trinajstić information content (AvgIpc) is 3.21. The molecule has 1 aliphatic rings. The molecule has 2 rings (SSSR count). The van der Waals surface area contributed by atoms with Crippen molar-refractivity contribution in [2.75, 3.05) is 6.61 Å². The van der Waals surface area contributed by atoms with Crippen molar-refractivity contribution in [3.63, 3.8) is 0 Å². The summed E-state index contributed by atoms with van der Waals surface area (Å²) in [6.07, 6.45) is 1.90. The maximum absolute atomic E-state index is 10.5. The Morgan fingerprint density at radius 1 is 1.50 bits per heavy atom. The standard InChI is InChI=1S/C12H13N3O3/c13-7-12(14,9-1-2-9)8-18-11-5-3-10(4-6-11)15(16)17/h3-6,9H,1-2,8,14H2. The first-order valence-electron chi connectivity index (χ1n) is 5.62.